The average Bonchev–Trinajstić information content (AvgIpc) is 1.98. The molecule has 0 aromatic rings. The largest absolute Gasteiger partial charge is 0.395 e. The molecule has 3 nitrogen and oxygen atoms in total. The van der Waals surface area contributed by atoms with Crippen molar-refractivity contribution < 1.29 is 10.2 Å². The highest BCUT2D eigenvalue weighted by Gasteiger charge is 2.15. The van der Waals surface area contributed by atoms with Gasteiger partial charge in [0.2, 0.25) is 0 Å². The molecule has 0 amide bonds. The van der Waals surface area contributed by atoms with E-state index in [0.717, 1.165) is 13.1 Å². The molecule has 0 atom stereocenters. The van der Waals surface area contributed by atoms with E-state index in [1.54, 1.807) is 0 Å². The molecule has 0 rings (SSSR count). The Morgan fingerprint density at radius 3 is 2.23 bits per heavy atom. The van der Waals surface area contributed by atoms with Gasteiger partial charge in [-0.05, 0) is 11.8 Å². The van der Waals surface area contributed by atoms with E-state index in [4.69, 9.17) is 5.11 Å². The second-order valence-corrected chi connectivity index (χ2v) is 4.62. The van der Waals surface area contributed by atoms with Crippen LogP contribution in [-0.4, -0.2) is 42.9 Å². The zero-order valence-electron chi connectivity index (χ0n) is 9.05. The van der Waals surface area contributed by atoms with Gasteiger partial charge in [-0.1, -0.05) is 20.8 Å². The van der Waals surface area contributed by atoms with Crippen LogP contribution in [0.1, 0.15) is 27.2 Å². The fourth-order valence-electron chi connectivity index (χ4n) is 1.37. The van der Waals surface area contributed by atoms with Crippen LogP contribution >= 0.6 is 0 Å². The van der Waals surface area contributed by atoms with Crippen LogP contribution in [0.5, 0.6) is 0 Å². The lowest BCUT2D eigenvalue weighted by molar-refractivity contribution is 0.126. The van der Waals surface area contributed by atoms with E-state index in [9.17, 15) is 5.11 Å². The fourth-order valence-corrected chi connectivity index (χ4v) is 1.37. The molecule has 3 heteroatoms. The molecule has 0 spiro atoms. The maximum atomic E-state index is 10.3. The van der Waals surface area contributed by atoms with E-state index in [1.807, 2.05) is 0 Å². The Hall–Kier alpha value is -0.120. The molecule has 0 unspecified atom stereocenters. The Morgan fingerprint density at radius 1 is 1.23 bits per heavy atom. The molecular weight excluding hydrogens is 166 g/mol. The van der Waals surface area contributed by atoms with Crippen molar-refractivity contribution in [2.45, 2.75) is 27.2 Å². The summed E-state index contributed by atoms with van der Waals surface area (Å²) in [5.74, 6) is 0. The molecule has 13 heavy (non-hydrogen) atoms. The molecule has 79 valence electrons. The molecule has 0 aliphatic rings. The Balaban J connectivity index is 3.79. The molecule has 0 saturated carbocycles. The minimum atomic E-state index is -0.0218. The van der Waals surface area contributed by atoms with E-state index in [2.05, 4.69) is 25.7 Å². The smallest absolute Gasteiger partial charge is 0.0834 e. The Kier molecular flexibility index (Phi) is 6.29. The first kappa shape index (κ1) is 12.9. The summed E-state index contributed by atoms with van der Waals surface area (Å²) in [6.07, 6.45) is 0.677. The Morgan fingerprint density at radius 2 is 1.85 bits per heavy atom. The maximum Gasteiger partial charge on any atom is 0.0834 e. The Bertz CT molecular complexity index is 121. The minimum absolute atomic E-state index is 0.0218. The van der Waals surface area contributed by atoms with Crippen LogP contribution in [0.3, 0.4) is 0 Å². The van der Waals surface area contributed by atoms with Gasteiger partial charge < -0.3 is 10.0 Å². The van der Waals surface area contributed by atoms with Gasteiger partial charge in [0.1, 0.15) is 0 Å². The third-order valence-corrected chi connectivity index (χ3v) is 1.73. The summed E-state index contributed by atoms with van der Waals surface area (Å²) < 4.78 is 0. The number of rotatable bonds is 6. The predicted octanol–water partition coefficient (Wildman–Crippen LogP) is 1.15. The molecular formula is C10H22NO2. The SMILES string of the molecule is CC(C)(C)CN(CCO)CCC[O]. The third kappa shape index (κ3) is 8.22. The van der Waals surface area contributed by atoms with Gasteiger partial charge in [-0.15, -0.1) is 0 Å². The normalized spacial score (nSPS) is 12.5. The summed E-state index contributed by atoms with van der Waals surface area (Å²) in [5, 5.41) is 19.1. The first-order chi connectivity index (χ1) is 5.99. The van der Waals surface area contributed by atoms with Gasteiger partial charge in [0, 0.05) is 19.6 Å². The number of aliphatic hydroxyl groups excluding tert-OH is 1. The van der Waals surface area contributed by atoms with Crippen LogP contribution in [0.4, 0.5) is 0 Å². The summed E-state index contributed by atoms with van der Waals surface area (Å²) >= 11 is 0. The van der Waals surface area contributed by atoms with Crippen molar-refractivity contribution >= 4 is 0 Å². The fraction of sp³-hybridized carbons (Fsp3) is 1.00. The molecule has 0 heterocycles. The predicted molar refractivity (Wildman–Crippen MR) is 53.2 cm³/mol. The van der Waals surface area contributed by atoms with Crippen molar-refractivity contribution in [2.24, 2.45) is 5.41 Å². The second-order valence-electron chi connectivity index (χ2n) is 4.62. The molecule has 0 aromatic heterocycles. The summed E-state index contributed by atoms with van der Waals surface area (Å²) in [5.41, 5.74) is 0.234. The van der Waals surface area contributed by atoms with Gasteiger partial charge in [0.15, 0.2) is 0 Å². The third-order valence-electron chi connectivity index (χ3n) is 1.73. The average molecular weight is 188 g/mol. The van der Waals surface area contributed by atoms with Gasteiger partial charge in [-0.2, -0.15) is 0 Å². The van der Waals surface area contributed by atoms with E-state index in [-0.39, 0.29) is 18.6 Å². The van der Waals surface area contributed by atoms with Gasteiger partial charge >= 0.3 is 0 Å². The maximum absolute atomic E-state index is 10.3. The number of hydrogen-bond donors (Lipinski definition) is 1. The summed E-state index contributed by atoms with van der Waals surface area (Å²) in [4.78, 5) is 2.15. The lowest BCUT2D eigenvalue weighted by Crippen LogP contribution is -2.35. The van der Waals surface area contributed by atoms with Gasteiger partial charge in [0.25, 0.3) is 0 Å². The molecule has 0 fully saturated rings. The van der Waals surface area contributed by atoms with Gasteiger partial charge in [-0.25, -0.2) is 5.11 Å². The summed E-state index contributed by atoms with van der Waals surface area (Å²) in [6.45, 7) is 9.06. The zero-order valence-corrected chi connectivity index (χ0v) is 9.05. The van der Waals surface area contributed by atoms with E-state index in [1.165, 1.54) is 0 Å². The van der Waals surface area contributed by atoms with Crippen molar-refractivity contribution in [3.8, 4) is 0 Å². The van der Waals surface area contributed by atoms with Crippen molar-refractivity contribution in [1.29, 1.82) is 0 Å². The van der Waals surface area contributed by atoms with Crippen LogP contribution in [-0.2, 0) is 5.11 Å². The molecule has 0 aliphatic heterocycles. The topological polar surface area (TPSA) is 43.4 Å². The number of nitrogens with zero attached hydrogens (tertiary/aromatic N) is 1. The standard InChI is InChI=1S/C10H22NO2/c1-10(2,3)9-11(6-8-13)5-4-7-12/h13H,4-9H2,1-3H3. The quantitative estimate of drug-likeness (QED) is 0.679. The second kappa shape index (κ2) is 6.35. The van der Waals surface area contributed by atoms with Crippen LogP contribution < -0.4 is 0 Å². The van der Waals surface area contributed by atoms with Crippen LogP contribution in [0.25, 0.3) is 0 Å². The van der Waals surface area contributed by atoms with Crippen molar-refractivity contribution in [3.63, 3.8) is 0 Å². The number of aliphatic hydroxyl groups is 1. The highest BCUT2D eigenvalue weighted by molar-refractivity contribution is 4.68. The lowest BCUT2D eigenvalue weighted by atomic mass is 9.96. The zero-order chi connectivity index (χ0) is 10.3. The molecule has 1 N–H and O–H groups in total. The summed E-state index contributed by atoms with van der Waals surface area (Å²) in [7, 11) is 0. The highest BCUT2D eigenvalue weighted by atomic mass is 16.3. The van der Waals surface area contributed by atoms with Crippen molar-refractivity contribution in [1.82, 2.24) is 4.90 Å². The number of hydrogen-bond acceptors (Lipinski definition) is 2. The van der Waals surface area contributed by atoms with Gasteiger partial charge in [-0.3, -0.25) is 0 Å². The van der Waals surface area contributed by atoms with E-state index in [0.29, 0.717) is 13.0 Å². The molecule has 0 bridgehead atoms. The highest BCUT2D eigenvalue weighted by Crippen LogP contribution is 2.14. The van der Waals surface area contributed by atoms with Crippen molar-refractivity contribution in [3.05, 3.63) is 0 Å². The first-order valence-corrected chi connectivity index (χ1v) is 4.91. The molecule has 0 aromatic carbocycles. The first-order valence-electron chi connectivity index (χ1n) is 4.91. The molecule has 1 radical (unpaired) electrons. The van der Waals surface area contributed by atoms with Crippen LogP contribution in [0, 0.1) is 5.41 Å². The van der Waals surface area contributed by atoms with E-state index >= 15 is 0 Å². The van der Waals surface area contributed by atoms with Gasteiger partial charge in [0.05, 0.1) is 13.2 Å². The molecule has 0 aliphatic carbocycles. The van der Waals surface area contributed by atoms with Crippen LogP contribution in [0.15, 0.2) is 0 Å². The van der Waals surface area contributed by atoms with E-state index < -0.39 is 0 Å². The Labute approximate surface area is 81.4 Å². The summed E-state index contributed by atoms with van der Waals surface area (Å²) in [6, 6.07) is 0. The van der Waals surface area contributed by atoms with Crippen LogP contribution in [0.2, 0.25) is 0 Å². The molecule has 0 saturated heterocycles. The van der Waals surface area contributed by atoms with Crippen molar-refractivity contribution in [2.75, 3.05) is 32.8 Å². The lowest BCUT2D eigenvalue weighted by Gasteiger charge is -2.29. The monoisotopic (exact) mass is 188 g/mol. The minimum Gasteiger partial charge on any atom is -0.395 e.